The lowest BCUT2D eigenvalue weighted by molar-refractivity contribution is 0.168. The predicted molar refractivity (Wildman–Crippen MR) is 119 cm³/mol. The van der Waals surface area contributed by atoms with Crippen LogP contribution in [0.25, 0.3) is 0 Å². The minimum Gasteiger partial charge on any atom is -0.392 e. The van der Waals surface area contributed by atoms with Gasteiger partial charge < -0.3 is 10.8 Å². The number of aliphatic hydroxyl groups excluding tert-OH is 1. The summed E-state index contributed by atoms with van der Waals surface area (Å²) in [6.07, 6.45) is 22.4. The number of unbranched alkanes of at least 4 members (excludes halogenated alkanes) is 14. The Kier molecular flexibility index (Phi) is 16.6. The Morgan fingerprint density at radius 2 is 1.00 bits per heavy atom. The molecule has 0 saturated heterocycles. The number of aryl methyl sites for hydroxylation is 1. The third-order valence-corrected chi connectivity index (χ3v) is 5.62. The first kappa shape index (κ1) is 24.2. The van der Waals surface area contributed by atoms with Gasteiger partial charge in [0.15, 0.2) is 0 Å². The van der Waals surface area contributed by atoms with E-state index in [9.17, 15) is 5.11 Å². The lowest BCUT2D eigenvalue weighted by atomic mass is 10.0. The molecule has 0 aliphatic rings. The molecular formula is C25H45NO. The molecule has 0 fully saturated rings. The van der Waals surface area contributed by atoms with Crippen molar-refractivity contribution in [2.75, 3.05) is 6.54 Å². The Bertz CT molecular complexity index is 406. The highest BCUT2D eigenvalue weighted by atomic mass is 16.3. The van der Waals surface area contributed by atoms with Crippen LogP contribution in [0.15, 0.2) is 30.3 Å². The van der Waals surface area contributed by atoms with Crippen molar-refractivity contribution in [3.05, 3.63) is 35.9 Å². The van der Waals surface area contributed by atoms with Gasteiger partial charge in [-0.15, -0.1) is 0 Å². The number of rotatable bonds is 19. The van der Waals surface area contributed by atoms with Crippen LogP contribution in [0.5, 0.6) is 0 Å². The molecule has 27 heavy (non-hydrogen) atoms. The van der Waals surface area contributed by atoms with Gasteiger partial charge in [0, 0.05) is 6.54 Å². The van der Waals surface area contributed by atoms with E-state index in [-0.39, 0.29) is 6.10 Å². The molecule has 1 unspecified atom stereocenters. The molecule has 156 valence electrons. The van der Waals surface area contributed by atoms with Crippen molar-refractivity contribution in [2.24, 2.45) is 5.73 Å². The van der Waals surface area contributed by atoms with Crippen LogP contribution in [0.2, 0.25) is 0 Å². The summed E-state index contributed by atoms with van der Waals surface area (Å²) in [6.45, 7) is 0.411. The summed E-state index contributed by atoms with van der Waals surface area (Å²) in [7, 11) is 0. The largest absolute Gasteiger partial charge is 0.392 e. The predicted octanol–water partition coefficient (Wildman–Crippen LogP) is 6.79. The summed E-state index contributed by atoms with van der Waals surface area (Å²) in [5, 5.41) is 9.39. The van der Waals surface area contributed by atoms with Gasteiger partial charge in [-0.1, -0.05) is 120 Å². The van der Waals surface area contributed by atoms with Crippen molar-refractivity contribution in [1.82, 2.24) is 0 Å². The summed E-state index contributed by atoms with van der Waals surface area (Å²) in [5.41, 5.74) is 6.90. The molecular weight excluding hydrogens is 330 g/mol. The second kappa shape index (κ2) is 18.5. The number of hydrogen-bond acceptors (Lipinski definition) is 2. The van der Waals surface area contributed by atoms with E-state index in [0.29, 0.717) is 6.54 Å². The Balaban J connectivity index is 1.70. The first-order valence-corrected chi connectivity index (χ1v) is 11.7. The highest BCUT2D eigenvalue weighted by Gasteiger charge is 2.00. The van der Waals surface area contributed by atoms with E-state index in [0.717, 1.165) is 12.8 Å². The number of nitrogens with two attached hydrogens (primary N) is 1. The normalized spacial score (nSPS) is 12.4. The first-order valence-electron chi connectivity index (χ1n) is 11.7. The van der Waals surface area contributed by atoms with Crippen LogP contribution < -0.4 is 5.73 Å². The fourth-order valence-corrected chi connectivity index (χ4v) is 3.77. The molecule has 2 heteroatoms. The second-order valence-electron chi connectivity index (χ2n) is 8.22. The van der Waals surface area contributed by atoms with Crippen molar-refractivity contribution in [3.8, 4) is 0 Å². The lowest BCUT2D eigenvalue weighted by Crippen LogP contribution is -2.19. The summed E-state index contributed by atoms with van der Waals surface area (Å²) in [5.74, 6) is 0. The number of benzene rings is 1. The standard InChI is InChI=1S/C25H45NO/c26-23-25(27)22-18-13-11-9-7-5-3-1-2-4-6-8-10-12-15-19-24-20-16-14-17-21-24/h14,16-17,20-21,25,27H,1-13,15,18-19,22-23,26H2. The van der Waals surface area contributed by atoms with E-state index in [1.165, 1.54) is 102 Å². The van der Waals surface area contributed by atoms with Gasteiger partial charge >= 0.3 is 0 Å². The molecule has 1 rings (SSSR count). The third-order valence-electron chi connectivity index (χ3n) is 5.62. The van der Waals surface area contributed by atoms with Crippen LogP contribution in [0.1, 0.15) is 108 Å². The summed E-state index contributed by atoms with van der Waals surface area (Å²) < 4.78 is 0. The third kappa shape index (κ3) is 15.9. The zero-order valence-electron chi connectivity index (χ0n) is 17.7. The zero-order valence-corrected chi connectivity index (χ0v) is 17.7. The molecule has 1 aromatic carbocycles. The Labute approximate surface area is 168 Å². The monoisotopic (exact) mass is 375 g/mol. The highest BCUT2D eigenvalue weighted by Crippen LogP contribution is 2.14. The van der Waals surface area contributed by atoms with Gasteiger partial charge in [-0.05, 0) is 24.8 Å². The second-order valence-corrected chi connectivity index (χ2v) is 8.22. The average Bonchev–Trinajstić information content (AvgIpc) is 2.70. The molecule has 0 saturated carbocycles. The van der Waals surface area contributed by atoms with E-state index in [1.54, 1.807) is 0 Å². The maximum absolute atomic E-state index is 9.39. The van der Waals surface area contributed by atoms with Gasteiger partial charge in [-0.3, -0.25) is 0 Å². The lowest BCUT2D eigenvalue weighted by Gasteiger charge is -2.06. The molecule has 2 nitrogen and oxygen atoms in total. The summed E-state index contributed by atoms with van der Waals surface area (Å²) in [4.78, 5) is 0. The van der Waals surface area contributed by atoms with E-state index >= 15 is 0 Å². The molecule has 0 bridgehead atoms. The van der Waals surface area contributed by atoms with E-state index < -0.39 is 0 Å². The van der Waals surface area contributed by atoms with Gasteiger partial charge in [-0.2, -0.15) is 0 Å². The summed E-state index contributed by atoms with van der Waals surface area (Å²) >= 11 is 0. The van der Waals surface area contributed by atoms with Crippen molar-refractivity contribution in [3.63, 3.8) is 0 Å². The number of hydrogen-bond donors (Lipinski definition) is 2. The fourth-order valence-electron chi connectivity index (χ4n) is 3.77. The van der Waals surface area contributed by atoms with Crippen LogP contribution in [-0.2, 0) is 6.42 Å². The Morgan fingerprint density at radius 1 is 0.593 bits per heavy atom. The maximum Gasteiger partial charge on any atom is 0.0662 e. The van der Waals surface area contributed by atoms with Gasteiger partial charge in [0.25, 0.3) is 0 Å². The topological polar surface area (TPSA) is 46.2 Å². The molecule has 1 atom stereocenters. The molecule has 0 amide bonds. The quantitative estimate of drug-likeness (QED) is 0.261. The molecule has 0 heterocycles. The smallest absolute Gasteiger partial charge is 0.0662 e. The van der Waals surface area contributed by atoms with Crippen molar-refractivity contribution >= 4 is 0 Å². The molecule has 0 aliphatic carbocycles. The van der Waals surface area contributed by atoms with Gasteiger partial charge in [0.1, 0.15) is 0 Å². The van der Waals surface area contributed by atoms with Crippen LogP contribution >= 0.6 is 0 Å². The van der Waals surface area contributed by atoms with E-state index in [1.807, 2.05) is 0 Å². The minimum atomic E-state index is -0.278. The minimum absolute atomic E-state index is 0.278. The average molecular weight is 376 g/mol. The van der Waals surface area contributed by atoms with Crippen LogP contribution in [0.4, 0.5) is 0 Å². The van der Waals surface area contributed by atoms with Gasteiger partial charge in [0.05, 0.1) is 6.10 Å². The molecule has 0 radical (unpaired) electrons. The molecule has 0 spiro atoms. The highest BCUT2D eigenvalue weighted by molar-refractivity contribution is 5.14. The molecule has 1 aromatic rings. The number of aliphatic hydroxyl groups is 1. The molecule has 0 aromatic heterocycles. The van der Waals surface area contributed by atoms with E-state index in [4.69, 9.17) is 5.73 Å². The van der Waals surface area contributed by atoms with Gasteiger partial charge in [-0.25, -0.2) is 0 Å². The Hall–Kier alpha value is -0.860. The zero-order chi connectivity index (χ0) is 19.4. The van der Waals surface area contributed by atoms with Crippen molar-refractivity contribution in [1.29, 1.82) is 0 Å². The summed E-state index contributed by atoms with van der Waals surface area (Å²) in [6, 6.07) is 10.9. The van der Waals surface area contributed by atoms with Crippen LogP contribution in [0.3, 0.4) is 0 Å². The fraction of sp³-hybridized carbons (Fsp3) is 0.760. The first-order chi connectivity index (χ1) is 13.3. The van der Waals surface area contributed by atoms with E-state index in [2.05, 4.69) is 30.3 Å². The molecule has 0 aliphatic heterocycles. The maximum atomic E-state index is 9.39. The van der Waals surface area contributed by atoms with Crippen molar-refractivity contribution in [2.45, 2.75) is 115 Å². The van der Waals surface area contributed by atoms with Gasteiger partial charge in [0.2, 0.25) is 0 Å². The van der Waals surface area contributed by atoms with Crippen LogP contribution in [0, 0.1) is 0 Å². The Morgan fingerprint density at radius 3 is 1.44 bits per heavy atom. The van der Waals surface area contributed by atoms with Crippen LogP contribution in [-0.4, -0.2) is 17.8 Å². The van der Waals surface area contributed by atoms with Crippen molar-refractivity contribution < 1.29 is 5.11 Å². The molecule has 3 N–H and O–H groups in total. The SMILES string of the molecule is NCC(O)CCCCCCCCCCCCCCCCCc1ccccc1.